The summed E-state index contributed by atoms with van der Waals surface area (Å²) in [5, 5.41) is 3.48. The van der Waals surface area contributed by atoms with E-state index in [1.165, 1.54) is 71.2 Å². The van der Waals surface area contributed by atoms with Crippen molar-refractivity contribution < 1.29 is 0 Å². The SMILES string of the molecule is CNCC1(CN2CCN(C)CC2C)CCCCCC1. The van der Waals surface area contributed by atoms with Crippen molar-refractivity contribution in [3.63, 3.8) is 0 Å². The first-order valence-electron chi connectivity index (χ1n) is 8.22. The smallest absolute Gasteiger partial charge is 0.0195 e. The Bertz CT molecular complexity index is 259. The molecule has 0 spiro atoms. The van der Waals surface area contributed by atoms with Crippen LogP contribution in [0.3, 0.4) is 0 Å². The molecular formula is C16H33N3. The molecule has 2 rings (SSSR count). The molecule has 1 aliphatic heterocycles. The zero-order valence-corrected chi connectivity index (χ0v) is 13.2. The van der Waals surface area contributed by atoms with Crippen LogP contribution in [-0.2, 0) is 0 Å². The van der Waals surface area contributed by atoms with Gasteiger partial charge in [-0.3, -0.25) is 4.90 Å². The van der Waals surface area contributed by atoms with Crippen LogP contribution in [0.2, 0.25) is 0 Å². The molecule has 19 heavy (non-hydrogen) atoms. The summed E-state index contributed by atoms with van der Waals surface area (Å²) in [7, 11) is 4.38. The minimum absolute atomic E-state index is 0.537. The number of hydrogen-bond donors (Lipinski definition) is 1. The van der Waals surface area contributed by atoms with Gasteiger partial charge in [0.15, 0.2) is 0 Å². The van der Waals surface area contributed by atoms with Crippen LogP contribution in [0, 0.1) is 5.41 Å². The first-order chi connectivity index (χ1) is 9.15. The highest BCUT2D eigenvalue weighted by Gasteiger charge is 2.34. The third-order valence-corrected chi connectivity index (χ3v) is 5.22. The summed E-state index contributed by atoms with van der Waals surface area (Å²) in [6, 6.07) is 0.718. The van der Waals surface area contributed by atoms with E-state index in [-0.39, 0.29) is 0 Å². The van der Waals surface area contributed by atoms with Gasteiger partial charge in [0.25, 0.3) is 0 Å². The van der Waals surface area contributed by atoms with E-state index in [0.717, 1.165) is 6.04 Å². The fourth-order valence-electron chi connectivity index (χ4n) is 4.09. The number of likely N-dealkylation sites (N-methyl/N-ethyl adjacent to an activating group) is 1. The van der Waals surface area contributed by atoms with Gasteiger partial charge in [-0.25, -0.2) is 0 Å². The van der Waals surface area contributed by atoms with Crippen molar-refractivity contribution in [1.29, 1.82) is 0 Å². The number of nitrogens with one attached hydrogen (secondary N) is 1. The van der Waals surface area contributed by atoms with Gasteiger partial charge in [-0.05, 0) is 39.3 Å². The molecular weight excluding hydrogens is 234 g/mol. The van der Waals surface area contributed by atoms with Crippen molar-refractivity contribution in [2.45, 2.75) is 51.5 Å². The highest BCUT2D eigenvalue weighted by Crippen LogP contribution is 2.36. The predicted molar refractivity (Wildman–Crippen MR) is 82.6 cm³/mol. The third kappa shape index (κ3) is 4.17. The topological polar surface area (TPSA) is 18.5 Å². The molecule has 2 aliphatic rings. The summed E-state index contributed by atoms with van der Waals surface area (Å²) < 4.78 is 0. The summed E-state index contributed by atoms with van der Waals surface area (Å²) in [5.74, 6) is 0. The normalized spacial score (nSPS) is 30.2. The van der Waals surface area contributed by atoms with Crippen LogP contribution in [0.25, 0.3) is 0 Å². The molecule has 112 valence electrons. The van der Waals surface area contributed by atoms with Gasteiger partial charge in [0.1, 0.15) is 0 Å². The van der Waals surface area contributed by atoms with Crippen molar-refractivity contribution >= 4 is 0 Å². The maximum atomic E-state index is 3.48. The van der Waals surface area contributed by atoms with E-state index in [1.807, 2.05) is 0 Å². The van der Waals surface area contributed by atoms with Crippen LogP contribution < -0.4 is 5.32 Å². The summed E-state index contributed by atoms with van der Waals surface area (Å²) in [6.45, 7) is 8.63. The van der Waals surface area contributed by atoms with E-state index in [9.17, 15) is 0 Å². The molecule has 1 heterocycles. The van der Waals surface area contributed by atoms with Gasteiger partial charge in [-0.15, -0.1) is 0 Å². The quantitative estimate of drug-likeness (QED) is 0.788. The molecule has 3 heteroatoms. The van der Waals surface area contributed by atoms with Crippen molar-refractivity contribution in [2.24, 2.45) is 5.41 Å². The molecule has 1 saturated heterocycles. The maximum Gasteiger partial charge on any atom is 0.0195 e. The van der Waals surface area contributed by atoms with E-state index in [0.29, 0.717) is 5.41 Å². The van der Waals surface area contributed by atoms with Crippen molar-refractivity contribution in [3.05, 3.63) is 0 Å². The second-order valence-electron chi connectivity index (χ2n) is 7.03. The predicted octanol–water partition coefficient (Wildman–Crippen LogP) is 2.18. The lowest BCUT2D eigenvalue weighted by atomic mass is 9.79. The zero-order chi connectivity index (χ0) is 13.7. The Balaban J connectivity index is 1.98. The van der Waals surface area contributed by atoms with Gasteiger partial charge in [-0.2, -0.15) is 0 Å². The van der Waals surface area contributed by atoms with Crippen LogP contribution in [0.4, 0.5) is 0 Å². The molecule has 1 aliphatic carbocycles. The summed E-state index contributed by atoms with van der Waals surface area (Å²) in [4.78, 5) is 5.22. The molecule has 3 nitrogen and oxygen atoms in total. The van der Waals surface area contributed by atoms with Gasteiger partial charge in [0, 0.05) is 38.8 Å². The van der Waals surface area contributed by atoms with Gasteiger partial charge < -0.3 is 10.2 Å². The average molecular weight is 267 g/mol. The van der Waals surface area contributed by atoms with Crippen LogP contribution in [0.15, 0.2) is 0 Å². The Morgan fingerprint density at radius 1 is 1.11 bits per heavy atom. The molecule has 2 fully saturated rings. The van der Waals surface area contributed by atoms with E-state index in [1.54, 1.807) is 0 Å². The fraction of sp³-hybridized carbons (Fsp3) is 1.00. The van der Waals surface area contributed by atoms with Gasteiger partial charge in [-0.1, -0.05) is 25.7 Å². The minimum atomic E-state index is 0.537. The van der Waals surface area contributed by atoms with Gasteiger partial charge in [0.05, 0.1) is 0 Å². The monoisotopic (exact) mass is 267 g/mol. The molecule has 1 unspecified atom stereocenters. The van der Waals surface area contributed by atoms with Gasteiger partial charge >= 0.3 is 0 Å². The van der Waals surface area contributed by atoms with E-state index < -0.39 is 0 Å². The Morgan fingerprint density at radius 2 is 1.79 bits per heavy atom. The highest BCUT2D eigenvalue weighted by atomic mass is 15.3. The van der Waals surface area contributed by atoms with Crippen molar-refractivity contribution in [1.82, 2.24) is 15.1 Å². The first-order valence-corrected chi connectivity index (χ1v) is 8.22. The molecule has 0 amide bonds. The van der Waals surface area contributed by atoms with Crippen LogP contribution in [0.1, 0.15) is 45.4 Å². The highest BCUT2D eigenvalue weighted by molar-refractivity contribution is 4.89. The number of rotatable bonds is 4. The van der Waals surface area contributed by atoms with Crippen molar-refractivity contribution in [2.75, 3.05) is 46.8 Å². The Morgan fingerprint density at radius 3 is 2.37 bits per heavy atom. The number of piperazine rings is 1. The lowest BCUT2D eigenvalue weighted by Crippen LogP contribution is -2.54. The van der Waals surface area contributed by atoms with Crippen LogP contribution >= 0.6 is 0 Å². The second kappa shape index (κ2) is 7.05. The van der Waals surface area contributed by atoms with Crippen molar-refractivity contribution in [3.8, 4) is 0 Å². The number of hydrogen-bond acceptors (Lipinski definition) is 3. The molecule has 1 saturated carbocycles. The van der Waals surface area contributed by atoms with Crippen LogP contribution in [-0.4, -0.2) is 62.7 Å². The summed E-state index contributed by atoms with van der Waals surface area (Å²) in [6.07, 6.45) is 8.61. The minimum Gasteiger partial charge on any atom is -0.319 e. The first kappa shape index (κ1) is 15.3. The molecule has 0 aromatic heterocycles. The second-order valence-corrected chi connectivity index (χ2v) is 7.03. The molecule has 0 radical (unpaired) electrons. The van der Waals surface area contributed by atoms with Crippen LogP contribution in [0.5, 0.6) is 0 Å². The lowest BCUT2D eigenvalue weighted by Gasteiger charge is -2.44. The Kier molecular flexibility index (Phi) is 5.67. The molecule has 0 aromatic rings. The molecule has 1 atom stereocenters. The fourth-order valence-corrected chi connectivity index (χ4v) is 4.09. The van der Waals surface area contributed by atoms with Gasteiger partial charge in [0.2, 0.25) is 0 Å². The van der Waals surface area contributed by atoms with E-state index in [4.69, 9.17) is 0 Å². The molecule has 1 N–H and O–H groups in total. The summed E-state index contributed by atoms with van der Waals surface area (Å²) >= 11 is 0. The number of nitrogens with zero attached hydrogens (tertiary/aromatic N) is 2. The lowest BCUT2D eigenvalue weighted by molar-refractivity contribution is 0.0473. The molecule has 0 aromatic carbocycles. The molecule has 0 bridgehead atoms. The standard InChI is InChI=1S/C16H33N3/c1-15-12-18(3)10-11-19(15)14-16(13-17-2)8-6-4-5-7-9-16/h15,17H,4-14H2,1-3H3. The maximum absolute atomic E-state index is 3.48. The zero-order valence-electron chi connectivity index (χ0n) is 13.2. The average Bonchev–Trinajstić information content (AvgIpc) is 2.59. The Hall–Kier alpha value is -0.120. The largest absolute Gasteiger partial charge is 0.319 e. The van der Waals surface area contributed by atoms with E-state index >= 15 is 0 Å². The summed E-state index contributed by atoms with van der Waals surface area (Å²) in [5.41, 5.74) is 0.537. The Labute approximate surface area is 119 Å². The van der Waals surface area contributed by atoms with E-state index in [2.05, 4.69) is 36.1 Å². The third-order valence-electron chi connectivity index (χ3n) is 5.22.